The molecule has 0 aromatic heterocycles. The van der Waals surface area contributed by atoms with E-state index in [1.54, 1.807) is 7.05 Å². The van der Waals surface area contributed by atoms with Gasteiger partial charge in [0.2, 0.25) is 10.0 Å². The second-order valence-electron chi connectivity index (χ2n) is 6.88. The van der Waals surface area contributed by atoms with Gasteiger partial charge in [-0.1, -0.05) is 25.5 Å². The number of esters is 1. The number of hydrogen-bond acceptors (Lipinski definition) is 5. The summed E-state index contributed by atoms with van der Waals surface area (Å²) in [5.41, 5.74) is 0.440. The van der Waals surface area contributed by atoms with Crippen LogP contribution in [0, 0.1) is 5.92 Å². The van der Waals surface area contributed by atoms with Crippen molar-refractivity contribution in [2.45, 2.75) is 43.9 Å². The number of unbranched alkanes of at least 4 members (excludes halogenated alkanes) is 1. The highest BCUT2D eigenvalue weighted by molar-refractivity contribution is 7.89. The summed E-state index contributed by atoms with van der Waals surface area (Å²) in [5, 5.41) is 2.59. The summed E-state index contributed by atoms with van der Waals surface area (Å²) in [4.78, 5) is 23.8. The van der Waals surface area contributed by atoms with Crippen LogP contribution in [0.3, 0.4) is 0 Å². The highest BCUT2D eigenvalue weighted by Crippen LogP contribution is 2.21. The van der Waals surface area contributed by atoms with Crippen LogP contribution in [-0.4, -0.2) is 44.8 Å². The molecule has 1 N–H and O–H groups in total. The second kappa shape index (κ2) is 10.4. The molecule has 28 heavy (non-hydrogen) atoms. The number of allylic oxidation sites excluding steroid dienone is 2. The lowest BCUT2D eigenvalue weighted by atomic mass is 10.1. The number of nitrogens with one attached hydrogen (secondary N) is 1. The predicted molar refractivity (Wildman–Crippen MR) is 107 cm³/mol. The number of carbonyl (C=O) groups excluding carboxylic acids is 2. The molecule has 0 radical (unpaired) electrons. The zero-order valence-electron chi connectivity index (χ0n) is 16.4. The number of rotatable bonds is 10. The minimum Gasteiger partial charge on any atom is -0.456 e. The standard InChI is InChI=1S/C20H28N2O5S/c1-3-4-13-22(2)28(25,26)18-11-9-17(10-12-18)21-19(23)15-27-20(24)14-16-7-5-6-8-16/h5,7,9-12,16H,3-4,6,8,13-15H2,1-2H3,(H,21,23)/t16-/m0/s1. The van der Waals surface area contributed by atoms with E-state index in [4.69, 9.17) is 4.74 Å². The van der Waals surface area contributed by atoms with Crippen LogP contribution in [0.15, 0.2) is 41.3 Å². The van der Waals surface area contributed by atoms with Crippen LogP contribution in [0.5, 0.6) is 0 Å². The van der Waals surface area contributed by atoms with E-state index in [1.165, 1.54) is 28.6 Å². The molecule has 1 aliphatic rings. The van der Waals surface area contributed by atoms with Gasteiger partial charge in [-0.2, -0.15) is 0 Å². The number of anilines is 1. The molecule has 2 rings (SSSR count). The maximum absolute atomic E-state index is 12.5. The van der Waals surface area contributed by atoms with Crippen LogP contribution in [0.2, 0.25) is 0 Å². The van der Waals surface area contributed by atoms with E-state index in [0.29, 0.717) is 12.2 Å². The van der Waals surface area contributed by atoms with E-state index < -0.39 is 21.9 Å². The molecule has 0 spiro atoms. The Morgan fingerprint density at radius 2 is 1.96 bits per heavy atom. The number of amides is 1. The second-order valence-corrected chi connectivity index (χ2v) is 8.93. The third-order valence-electron chi connectivity index (χ3n) is 4.58. The summed E-state index contributed by atoms with van der Waals surface area (Å²) in [7, 11) is -1.99. The van der Waals surface area contributed by atoms with Gasteiger partial charge in [-0.3, -0.25) is 9.59 Å². The van der Waals surface area contributed by atoms with Crippen LogP contribution < -0.4 is 5.32 Å². The maximum Gasteiger partial charge on any atom is 0.306 e. The molecular weight excluding hydrogens is 380 g/mol. The van der Waals surface area contributed by atoms with Crippen molar-refractivity contribution in [3.05, 3.63) is 36.4 Å². The first kappa shape index (κ1) is 22.1. The van der Waals surface area contributed by atoms with Crippen LogP contribution in [-0.2, 0) is 24.3 Å². The van der Waals surface area contributed by atoms with Gasteiger partial charge in [0.05, 0.1) is 11.3 Å². The smallest absolute Gasteiger partial charge is 0.306 e. The predicted octanol–water partition coefficient (Wildman–Crippen LogP) is 2.95. The Balaban J connectivity index is 1.83. The summed E-state index contributed by atoms with van der Waals surface area (Å²) in [6, 6.07) is 5.94. The van der Waals surface area contributed by atoms with E-state index in [9.17, 15) is 18.0 Å². The van der Waals surface area contributed by atoms with Gasteiger partial charge in [0.25, 0.3) is 5.91 Å². The molecule has 1 aromatic carbocycles. The summed E-state index contributed by atoms with van der Waals surface area (Å²) >= 11 is 0. The van der Waals surface area contributed by atoms with Crippen LogP contribution in [0.25, 0.3) is 0 Å². The summed E-state index contributed by atoms with van der Waals surface area (Å²) in [5.74, 6) is -0.672. The number of ether oxygens (including phenoxy) is 1. The molecule has 0 heterocycles. The van der Waals surface area contributed by atoms with Gasteiger partial charge in [0, 0.05) is 19.3 Å². The SMILES string of the molecule is CCCCN(C)S(=O)(=O)c1ccc(NC(=O)COC(=O)C[C@H]2C=CCC2)cc1. The van der Waals surface area contributed by atoms with Crippen molar-refractivity contribution in [1.29, 1.82) is 0 Å². The first-order valence-corrected chi connectivity index (χ1v) is 11.0. The third kappa shape index (κ3) is 6.45. The molecule has 1 atom stereocenters. The number of carbonyl (C=O) groups is 2. The first-order valence-electron chi connectivity index (χ1n) is 9.51. The van der Waals surface area contributed by atoms with Crippen molar-refractivity contribution in [1.82, 2.24) is 4.31 Å². The van der Waals surface area contributed by atoms with Gasteiger partial charge in [-0.25, -0.2) is 12.7 Å². The fourth-order valence-electron chi connectivity index (χ4n) is 2.87. The fourth-order valence-corrected chi connectivity index (χ4v) is 4.08. The van der Waals surface area contributed by atoms with E-state index in [2.05, 4.69) is 5.32 Å². The lowest BCUT2D eigenvalue weighted by molar-refractivity contribution is -0.147. The summed E-state index contributed by atoms with van der Waals surface area (Å²) < 4.78 is 31.3. The van der Waals surface area contributed by atoms with Crippen LogP contribution in [0.1, 0.15) is 39.0 Å². The summed E-state index contributed by atoms with van der Waals surface area (Å²) in [6.45, 7) is 2.09. The van der Waals surface area contributed by atoms with Crippen molar-refractivity contribution >= 4 is 27.6 Å². The van der Waals surface area contributed by atoms with Gasteiger partial charge >= 0.3 is 5.97 Å². The van der Waals surface area contributed by atoms with Gasteiger partial charge in [0.15, 0.2) is 6.61 Å². The van der Waals surface area contributed by atoms with Crippen LogP contribution >= 0.6 is 0 Å². The van der Waals surface area contributed by atoms with Crippen molar-refractivity contribution in [3.63, 3.8) is 0 Å². The average molecular weight is 409 g/mol. The fraction of sp³-hybridized carbons (Fsp3) is 0.500. The number of benzene rings is 1. The minimum absolute atomic E-state index is 0.167. The van der Waals surface area contributed by atoms with Gasteiger partial charge in [-0.05, 0) is 49.4 Å². The molecule has 1 aliphatic carbocycles. The van der Waals surface area contributed by atoms with Gasteiger partial charge in [0.1, 0.15) is 0 Å². The molecule has 0 unspecified atom stereocenters. The van der Waals surface area contributed by atoms with E-state index in [-0.39, 0.29) is 23.8 Å². The Bertz CT molecular complexity index is 802. The van der Waals surface area contributed by atoms with Crippen molar-refractivity contribution in [2.75, 3.05) is 25.5 Å². The zero-order chi connectivity index (χ0) is 20.6. The molecule has 0 aliphatic heterocycles. The normalized spacial score (nSPS) is 16.3. The Hall–Kier alpha value is -2.19. The lowest BCUT2D eigenvalue weighted by Gasteiger charge is -2.17. The molecule has 0 bridgehead atoms. The molecule has 0 fully saturated rings. The number of nitrogens with zero attached hydrogens (tertiary/aromatic N) is 1. The summed E-state index contributed by atoms with van der Waals surface area (Å²) in [6.07, 6.45) is 7.92. The van der Waals surface area contributed by atoms with Gasteiger partial charge < -0.3 is 10.1 Å². The van der Waals surface area contributed by atoms with Crippen molar-refractivity contribution in [2.24, 2.45) is 5.92 Å². The molecule has 154 valence electrons. The largest absolute Gasteiger partial charge is 0.456 e. The van der Waals surface area contributed by atoms with E-state index in [0.717, 1.165) is 25.7 Å². The molecular formula is C20H28N2O5S. The Labute approximate surface area is 166 Å². The lowest BCUT2D eigenvalue weighted by Crippen LogP contribution is -2.28. The van der Waals surface area contributed by atoms with Crippen molar-refractivity contribution < 1.29 is 22.7 Å². The average Bonchev–Trinajstić information content (AvgIpc) is 3.17. The van der Waals surface area contributed by atoms with Crippen molar-refractivity contribution in [3.8, 4) is 0 Å². The highest BCUT2D eigenvalue weighted by atomic mass is 32.2. The highest BCUT2D eigenvalue weighted by Gasteiger charge is 2.20. The Morgan fingerprint density at radius 3 is 2.57 bits per heavy atom. The molecule has 0 saturated carbocycles. The molecule has 1 aromatic rings. The minimum atomic E-state index is -3.54. The van der Waals surface area contributed by atoms with E-state index >= 15 is 0 Å². The molecule has 1 amide bonds. The number of sulfonamides is 1. The number of hydrogen-bond donors (Lipinski definition) is 1. The first-order chi connectivity index (χ1) is 13.3. The molecule has 8 heteroatoms. The topological polar surface area (TPSA) is 92.8 Å². The molecule has 7 nitrogen and oxygen atoms in total. The van der Waals surface area contributed by atoms with Gasteiger partial charge in [-0.15, -0.1) is 0 Å². The molecule has 0 saturated heterocycles. The van der Waals surface area contributed by atoms with Crippen LogP contribution in [0.4, 0.5) is 5.69 Å². The third-order valence-corrected chi connectivity index (χ3v) is 6.45. The Kier molecular flexibility index (Phi) is 8.19. The zero-order valence-corrected chi connectivity index (χ0v) is 17.2. The quantitative estimate of drug-likeness (QED) is 0.475. The Morgan fingerprint density at radius 1 is 1.25 bits per heavy atom. The monoisotopic (exact) mass is 408 g/mol. The van der Waals surface area contributed by atoms with E-state index in [1.807, 2.05) is 19.1 Å². The maximum atomic E-state index is 12.5.